The molecule has 2 aromatic carbocycles. The van der Waals surface area contributed by atoms with Crippen molar-refractivity contribution >= 4 is 33.2 Å². The first-order chi connectivity index (χ1) is 12.9. The second kappa shape index (κ2) is 8.29. The number of hydrogen-bond donors (Lipinski definition) is 1. The Morgan fingerprint density at radius 1 is 1.04 bits per heavy atom. The fourth-order valence-electron chi connectivity index (χ4n) is 3.08. The summed E-state index contributed by atoms with van der Waals surface area (Å²) in [6.07, 6.45) is 0. The Hall–Kier alpha value is -2.09. The highest BCUT2D eigenvalue weighted by Gasteiger charge is 2.28. The van der Waals surface area contributed by atoms with Gasteiger partial charge in [0, 0.05) is 36.9 Å². The quantitative estimate of drug-likeness (QED) is 0.826. The lowest BCUT2D eigenvalue weighted by Gasteiger charge is -2.37. The topological polar surface area (TPSA) is 69.7 Å². The van der Waals surface area contributed by atoms with Gasteiger partial charge in [-0.15, -0.1) is 0 Å². The Morgan fingerprint density at radius 2 is 1.70 bits per heavy atom. The first-order valence-electron chi connectivity index (χ1n) is 8.73. The van der Waals surface area contributed by atoms with Crippen molar-refractivity contribution in [2.45, 2.75) is 17.9 Å². The predicted molar refractivity (Wildman–Crippen MR) is 106 cm³/mol. The summed E-state index contributed by atoms with van der Waals surface area (Å²) in [7, 11) is -3.72. The smallest absolute Gasteiger partial charge is 0.241 e. The lowest BCUT2D eigenvalue weighted by molar-refractivity contribution is -0.132. The predicted octanol–water partition coefficient (Wildman–Crippen LogP) is 2.36. The SMILES string of the molecule is C[C@H](NS(=O)(=O)c1ccccc1)C(=O)N1CCN(c2cccc(Cl)c2)CC1. The van der Waals surface area contributed by atoms with E-state index in [-0.39, 0.29) is 10.8 Å². The van der Waals surface area contributed by atoms with Crippen molar-refractivity contribution in [3.05, 3.63) is 59.6 Å². The molecule has 1 saturated heterocycles. The molecule has 1 atom stereocenters. The van der Waals surface area contributed by atoms with Crippen LogP contribution in [0.2, 0.25) is 5.02 Å². The van der Waals surface area contributed by atoms with Crippen LogP contribution in [0.25, 0.3) is 0 Å². The van der Waals surface area contributed by atoms with Crippen molar-refractivity contribution in [1.82, 2.24) is 9.62 Å². The lowest BCUT2D eigenvalue weighted by atomic mass is 10.2. The van der Waals surface area contributed by atoms with Crippen LogP contribution >= 0.6 is 11.6 Å². The molecule has 1 N–H and O–H groups in total. The maximum absolute atomic E-state index is 12.7. The van der Waals surface area contributed by atoms with E-state index in [0.29, 0.717) is 31.2 Å². The molecule has 27 heavy (non-hydrogen) atoms. The number of anilines is 1. The van der Waals surface area contributed by atoms with Crippen LogP contribution in [0, 0.1) is 0 Å². The number of piperazine rings is 1. The number of amides is 1. The van der Waals surface area contributed by atoms with Crippen molar-refractivity contribution < 1.29 is 13.2 Å². The molecular formula is C19H22ClN3O3S. The Kier molecular flexibility index (Phi) is 6.04. The van der Waals surface area contributed by atoms with Gasteiger partial charge in [0.15, 0.2) is 0 Å². The molecular weight excluding hydrogens is 386 g/mol. The van der Waals surface area contributed by atoms with Crippen molar-refractivity contribution in [2.75, 3.05) is 31.1 Å². The Labute approximate surface area is 164 Å². The van der Waals surface area contributed by atoms with E-state index in [1.165, 1.54) is 12.1 Å². The van der Waals surface area contributed by atoms with Gasteiger partial charge >= 0.3 is 0 Å². The highest BCUT2D eigenvalue weighted by molar-refractivity contribution is 7.89. The van der Waals surface area contributed by atoms with E-state index in [2.05, 4.69) is 9.62 Å². The van der Waals surface area contributed by atoms with Gasteiger partial charge in [-0.1, -0.05) is 35.9 Å². The second-order valence-corrected chi connectivity index (χ2v) is 8.60. The van der Waals surface area contributed by atoms with Gasteiger partial charge in [-0.25, -0.2) is 8.42 Å². The number of rotatable bonds is 5. The highest BCUT2D eigenvalue weighted by Crippen LogP contribution is 2.21. The number of nitrogens with zero attached hydrogens (tertiary/aromatic N) is 2. The maximum Gasteiger partial charge on any atom is 0.241 e. The average Bonchev–Trinajstić information content (AvgIpc) is 2.68. The van der Waals surface area contributed by atoms with Crippen LogP contribution in [-0.4, -0.2) is 51.4 Å². The number of halogens is 1. The van der Waals surface area contributed by atoms with Gasteiger partial charge in [0.25, 0.3) is 0 Å². The summed E-state index contributed by atoms with van der Waals surface area (Å²) < 4.78 is 27.3. The third kappa shape index (κ3) is 4.80. The standard InChI is InChI=1S/C19H22ClN3O3S/c1-15(21-27(25,26)18-8-3-2-4-9-18)19(24)23-12-10-22(11-13-23)17-7-5-6-16(20)14-17/h2-9,14-15,21H,10-13H2,1H3/t15-/m0/s1. The van der Waals surface area contributed by atoms with Crippen molar-refractivity contribution in [3.63, 3.8) is 0 Å². The maximum atomic E-state index is 12.7. The summed E-state index contributed by atoms with van der Waals surface area (Å²) in [4.78, 5) is 16.7. The second-order valence-electron chi connectivity index (χ2n) is 6.45. The van der Waals surface area contributed by atoms with Gasteiger partial charge < -0.3 is 9.80 Å². The van der Waals surface area contributed by atoms with Gasteiger partial charge in [0.1, 0.15) is 0 Å². The summed E-state index contributed by atoms with van der Waals surface area (Å²) in [5.41, 5.74) is 1.02. The molecule has 0 radical (unpaired) electrons. The summed E-state index contributed by atoms with van der Waals surface area (Å²) in [5, 5.41) is 0.676. The highest BCUT2D eigenvalue weighted by atomic mass is 35.5. The van der Waals surface area contributed by atoms with Crippen LogP contribution in [0.3, 0.4) is 0 Å². The largest absolute Gasteiger partial charge is 0.368 e. The molecule has 8 heteroatoms. The molecule has 0 unspecified atom stereocenters. The fraction of sp³-hybridized carbons (Fsp3) is 0.316. The number of carbonyl (C=O) groups is 1. The zero-order valence-electron chi connectivity index (χ0n) is 15.0. The van der Waals surface area contributed by atoms with E-state index in [1.807, 2.05) is 24.3 Å². The van der Waals surface area contributed by atoms with Crippen molar-refractivity contribution in [2.24, 2.45) is 0 Å². The van der Waals surface area contributed by atoms with E-state index in [4.69, 9.17) is 11.6 Å². The molecule has 0 aliphatic carbocycles. The first-order valence-corrected chi connectivity index (χ1v) is 10.6. The zero-order valence-corrected chi connectivity index (χ0v) is 16.6. The molecule has 1 heterocycles. The van der Waals surface area contributed by atoms with E-state index in [0.717, 1.165) is 5.69 Å². The Balaban J connectivity index is 1.59. The number of carbonyl (C=O) groups excluding carboxylic acids is 1. The zero-order chi connectivity index (χ0) is 19.4. The Morgan fingerprint density at radius 3 is 2.33 bits per heavy atom. The third-order valence-corrected chi connectivity index (χ3v) is 6.31. The minimum atomic E-state index is -3.72. The third-order valence-electron chi connectivity index (χ3n) is 4.52. The van der Waals surface area contributed by atoms with E-state index in [9.17, 15) is 13.2 Å². The molecule has 3 rings (SSSR count). The van der Waals surface area contributed by atoms with Crippen LogP contribution in [0.5, 0.6) is 0 Å². The molecule has 1 amide bonds. The minimum absolute atomic E-state index is 0.149. The minimum Gasteiger partial charge on any atom is -0.368 e. The Bertz CT molecular complexity index is 897. The summed E-state index contributed by atoms with van der Waals surface area (Å²) >= 11 is 6.04. The van der Waals surface area contributed by atoms with Crippen LogP contribution < -0.4 is 9.62 Å². The molecule has 0 saturated carbocycles. The summed E-state index contributed by atoms with van der Waals surface area (Å²) in [6.45, 7) is 3.98. The van der Waals surface area contributed by atoms with Crippen molar-refractivity contribution in [1.29, 1.82) is 0 Å². The molecule has 144 valence electrons. The number of benzene rings is 2. The van der Waals surface area contributed by atoms with Crippen molar-refractivity contribution in [3.8, 4) is 0 Å². The van der Waals surface area contributed by atoms with E-state index >= 15 is 0 Å². The summed E-state index contributed by atoms with van der Waals surface area (Å²) in [6, 6.07) is 14.8. The van der Waals surface area contributed by atoms with E-state index < -0.39 is 16.1 Å². The summed E-state index contributed by atoms with van der Waals surface area (Å²) in [5.74, 6) is -0.222. The van der Waals surface area contributed by atoms with Crippen LogP contribution in [0.15, 0.2) is 59.5 Å². The van der Waals surface area contributed by atoms with Gasteiger partial charge in [-0.3, -0.25) is 4.79 Å². The monoisotopic (exact) mass is 407 g/mol. The lowest BCUT2D eigenvalue weighted by Crippen LogP contribution is -2.54. The number of sulfonamides is 1. The van der Waals surface area contributed by atoms with Gasteiger partial charge in [0.05, 0.1) is 10.9 Å². The van der Waals surface area contributed by atoms with Gasteiger partial charge in [0.2, 0.25) is 15.9 Å². The first kappa shape index (κ1) is 19.7. The molecule has 1 fully saturated rings. The molecule has 6 nitrogen and oxygen atoms in total. The van der Waals surface area contributed by atoms with Crippen LogP contribution in [0.1, 0.15) is 6.92 Å². The molecule has 1 aliphatic heterocycles. The van der Waals surface area contributed by atoms with Gasteiger partial charge in [-0.2, -0.15) is 4.72 Å². The van der Waals surface area contributed by atoms with E-state index in [1.54, 1.807) is 30.0 Å². The van der Waals surface area contributed by atoms with Crippen LogP contribution in [0.4, 0.5) is 5.69 Å². The molecule has 1 aliphatic rings. The molecule has 0 bridgehead atoms. The van der Waals surface area contributed by atoms with Crippen LogP contribution in [-0.2, 0) is 14.8 Å². The molecule has 0 spiro atoms. The average molecular weight is 408 g/mol. The molecule has 2 aromatic rings. The number of hydrogen-bond acceptors (Lipinski definition) is 4. The van der Waals surface area contributed by atoms with Gasteiger partial charge in [-0.05, 0) is 37.3 Å². The fourth-order valence-corrected chi connectivity index (χ4v) is 4.48. The number of nitrogens with one attached hydrogen (secondary N) is 1. The normalized spacial score (nSPS) is 16.2. The molecule has 0 aromatic heterocycles.